The molecule has 88 valence electrons. The standard InChI is InChI=1S/C9H14ClF2NO2/c1-2-3-4-6(7(14)5-10)13-9(15)8(11)12/h6,8H,2-5H2,1H3,(H,13,15). The molecule has 0 aliphatic carbocycles. The van der Waals surface area contributed by atoms with Crippen molar-refractivity contribution >= 4 is 23.3 Å². The fourth-order valence-corrected chi connectivity index (χ4v) is 1.24. The van der Waals surface area contributed by atoms with Gasteiger partial charge in [0.25, 0.3) is 5.91 Å². The number of rotatable bonds is 7. The fraction of sp³-hybridized carbons (Fsp3) is 0.778. The third-order valence-electron chi connectivity index (χ3n) is 1.88. The Labute approximate surface area is 92.2 Å². The predicted octanol–water partition coefficient (Wildman–Crippen LogP) is 1.73. The highest BCUT2D eigenvalue weighted by Crippen LogP contribution is 2.04. The average Bonchev–Trinajstić information content (AvgIpc) is 2.22. The summed E-state index contributed by atoms with van der Waals surface area (Å²) in [5, 5.41) is 1.98. The molecule has 6 heteroatoms. The van der Waals surface area contributed by atoms with Crippen LogP contribution in [0.1, 0.15) is 26.2 Å². The predicted molar refractivity (Wildman–Crippen MR) is 53.2 cm³/mol. The molecule has 0 aromatic carbocycles. The third kappa shape index (κ3) is 5.67. The summed E-state index contributed by atoms with van der Waals surface area (Å²) in [7, 11) is 0. The Morgan fingerprint density at radius 2 is 2.00 bits per heavy atom. The van der Waals surface area contributed by atoms with Crippen molar-refractivity contribution in [3.05, 3.63) is 0 Å². The highest BCUT2D eigenvalue weighted by molar-refractivity contribution is 6.28. The van der Waals surface area contributed by atoms with Crippen molar-refractivity contribution in [2.45, 2.75) is 38.7 Å². The van der Waals surface area contributed by atoms with Gasteiger partial charge in [0.15, 0.2) is 5.78 Å². The molecule has 0 aromatic heterocycles. The number of unbranched alkanes of at least 4 members (excludes halogenated alkanes) is 1. The topological polar surface area (TPSA) is 46.2 Å². The second kappa shape index (κ2) is 7.56. The van der Waals surface area contributed by atoms with Crippen molar-refractivity contribution in [1.82, 2.24) is 5.32 Å². The molecule has 0 saturated heterocycles. The lowest BCUT2D eigenvalue weighted by atomic mass is 10.1. The Hall–Kier alpha value is -0.710. The van der Waals surface area contributed by atoms with Crippen molar-refractivity contribution < 1.29 is 18.4 Å². The van der Waals surface area contributed by atoms with E-state index in [1.54, 1.807) is 0 Å². The van der Waals surface area contributed by atoms with E-state index in [-0.39, 0.29) is 5.88 Å². The highest BCUT2D eigenvalue weighted by atomic mass is 35.5. The molecule has 0 aliphatic rings. The van der Waals surface area contributed by atoms with Gasteiger partial charge >= 0.3 is 6.43 Å². The van der Waals surface area contributed by atoms with Crippen LogP contribution >= 0.6 is 11.6 Å². The van der Waals surface area contributed by atoms with Crippen LogP contribution in [0.4, 0.5) is 8.78 Å². The minimum atomic E-state index is -3.10. The molecular formula is C9H14ClF2NO2. The van der Waals surface area contributed by atoms with Gasteiger partial charge in [-0.25, -0.2) is 0 Å². The number of hydrogen-bond donors (Lipinski definition) is 1. The number of amides is 1. The van der Waals surface area contributed by atoms with Crippen molar-refractivity contribution in [2.75, 3.05) is 5.88 Å². The molecule has 0 spiro atoms. The molecule has 3 nitrogen and oxygen atoms in total. The van der Waals surface area contributed by atoms with Gasteiger partial charge in [0.2, 0.25) is 0 Å². The fourth-order valence-electron chi connectivity index (χ4n) is 1.05. The first kappa shape index (κ1) is 14.3. The first-order valence-electron chi connectivity index (χ1n) is 4.70. The van der Waals surface area contributed by atoms with Gasteiger partial charge in [0, 0.05) is 0 Å². The van der Waals surface area contributed by atoms with E-state index in [1.165, 1.54) is 0 Å². The minimum Gasteiger partial charge on any atom is -0.341 e. The molecule has 0 aromatic rings. The molecule has 0 fully saturated rings. The maximum Gasteiger partial charge on any atom is 0.315 e. The lowest BCUT2D eigenvalue weighted by Gasteiger charge is -2.15. The molecule has 15 heavy (non-hydrogen) atoms. The van der Waals surface area contributed by atoms with E-state index in [4.69, 9.17) is 11.6 Å². The van der Waals surface area contributed by atoms with E-state index in [0.29, 0.717) is 12.8 Å². The first-order chi connectivity index (χ1) is 7.02. The van der Waals surface area contributed by atoms with Gasteiger partial charge in [-0.3, -0.25) is 9.59 Å². The van der Waals surface area contributed by atoms with Gasteiger partial charge in [-0.15, -0.1) is 11.6 Å². The maximum absolute atomic E-state index is 11.9. The van der Waals surface area contributed by atoms with E-state index < -0.39 is 24.2 Å². The molecular weight excluding hydrogens is 228 g/mol. The van der Waals surface area contributed by atoms with Gasteiger partial charge < -0.3 is 5.32 Å². The van der Waals surface area contributed by atoms with Crippen LogP contribution in [0.25, 0.3) is 0 Å². The largest absolute Gasteiger partial charge is 0.341 e. The lowest BCUT2D eigenvalue weighted by molar-refractivity contribution is -0.135. The zero-order valence-electron chi connectivity index (χ0n) is 8.43. The minimum absolute atomic E-state index is 0.280. The SMILES string of the molecule is CCCCC(NC(=O)C(F)F)C(=O)CCl. The van der Waals surface area contributed by atoms with Gasteiger partial charge in [0.1, 0.15) is 0 Å². The summed E-state index contributed by atoms with van der Waals surface area (Å²) in [5.74, 6) is -2.13. The smallest absolute Gasteiger partial charge is 0.315 e. The average molecular weight is 242 g/mol. The summed E-state index contributed by atoms with van der Waals surface area (Å²) in [6.07, 6.45) is -1.26. The first-order valence-corrected chi connectivity index (χ1v) is 5.23. The summed E-state index contributed by atoms with van der Waals surface area (Å²) >= 11 is 5.30. The summed E-state index contributed by atoms with van der Waals surface area (Å²) in [4.78, 5) is 21.9. The molecule has 1 unspecified atom stereocenters. The van der Waals surface area contributed by atoms with E-state index in [1.807, 2.05) is 12.2 Å². The summed E-state index contributed by atoms with van der Waals surface area (Å²) in [6.45, 7) is 1.90. The van der Waals surface area contributed by atoms with Crippen LogP contribution in [0.15, 0.2) is 0 Å². The number of Topliss-reactive ketones (excluding diaryl/α,β-unsaturated/α-hetero) is 1. The number of alkyl halides is 3. The van der Waals surface area contributed by atoms with Crippen LogP contribution < -0.4 is 5.32 Å². The van der Waals surface area contributed by atoms with Crippen LogP contribution in [-0.2, 0) is 9.59 Å². The Bertz CT molecular complexity index is 224. The van der Waals surface area contributed by atoms with E-state index in [9.17, 15) is 18.4 Å². The molecule has 0 bridgehead atoms. The number of ketones is 1. The van der Waals surface area contributed by atoms with Crippen molar-refractivity contribution in [3.8, 4) is 0 Å². The molecule has 0 saturated carbocycles. The summed E-state index contributed by atoms with van der Waals surface area (Å²) < 4.78 is 23.8. The number of carbonyl (C=O) groups excluding carboxylic acids is 2. The molecule has 1 N–H and O–H groups in total. The van der Waals surface area contributed by atoms with Crippen LogP contribution in [-0.4, -0.2) is 30.0 Å². The molecule has 1 amide bonds. The van der Waals surface area contributed by atoms with Crippen molar-refractivity contribution in [3.63, 3.8) is 0 Å². The Morgan fingerprint density at radius 1 is 1.40 bits per heavy atom. The van der Waals surface area contributed by atoms with E-state index in [2.05, 4.69) is 0 Å². The maximum atomic E-state index is 11.9. The van der Waals surface area contributed by atoms with Crippen molar-refractivity contribution in [2.24, 2.45) is 0 Å². The molecule has 0 radical (unpaired) electrons. The van der Waals surface area contributed by atoms with Crippen LogP contribution in [0.5, 0.6) is 0 Å². The number of carbonyl (C=O) groups is 2. The van der Waals surface area contributed by atoms with Crippen LogP contribution in [0.3, 0.4) is 0 Å². The number of nitrogens with one attached hydrogen (secondary N) is 1. The second-order valence-corrected chi connectivity index (χ2v) is 3.37. The Balaban J connectivity index is 4.23. The van der Waals surface area contributed by atoms with E-state index in [0.717, 1.165) is 6.42 Å². The van der Waals surface area contributed by atoms with Gasteiger partial charge in [-0.2, -0.15) is 8.78 Å². The Kier molecular flexibility index (Phi) is 7.21. The number of hydrogen-bond acceptors (Lipinski definition) is 2. The quantitative estimate of drug-likeness (QED) is 0.690. The lowest BCUT2D eigenvalue weighted by Crippen LogP contribution is -2.44. The Morgan fingerprint density at radius 3 is 2.40 bits per heavy atom. The molecule has 0 aliphatic heterocycles. The molecule has 0 heterocycles. The normalized spacial score (nSPS) is 12.6. The molecule has 0 rings (SSSR count). The van der Waals surface area contributed by atoms with Crippen LogP contribution in [0.2, 0.25) is 0 Å². The molecule has 1 atom stereocenters. The zero-order valence-corrected chi connectivity index (χ0v) is 9.19. The number of halogens is 3. The van der Waals surface area contributed by atoms with Gasteiger partial charge in [0.05, 0.1) is 11.9 Å². The monoisotopic (exact) mass is 241 g/mol. The second-order valence-electron chi connectivity index (χ2n) is 3.10. The van der Waals surface area contributed by atoms with Gasteiger partial charge in [-0.05, 0) is 6.42 Å². The summed E-state index contributed by atoms with van der Waals surface area (Å²) in [5.41, 5.74) is 0. The summed E-state index contributed by atoms with van der Waals surface area (Å²) in [6, 6.07) is -0.885. The van der Waals surface area contributed by atoms with E-state index >= 15 is 0 Å². The van der Waals surface area contributed by atoms with Crippen LogP contribution in [0, 0.1) is 0 Å². The third-order valence-corrected chi connectivity index (χ3v) is 2.14. The van der Waals surface area contributed by atoms with Gasteiger partial charge in [-0.1, -0.05) is 19.8 Å². The zero-order chi connectivity index (χ0) is 11.8. The highest BCUT2D eigenvalue weighted by Gasteiger charge is 2.23. The van der Waals surface area contributed by atoms with Crippen molar-refractivity contribution in [1.29, 1.82) is 0 Å².